The van der Waals surface area contributed by atoms with E-state index in [1.54, 1.807) is 0 Å². The zero-order valence-electron chi connectivity index (χ0n) is 10.3. The topological polar surface area (TPSA) is 130 Å². The van der Waals surface area contributed by atoms with Crippen LogP contribution in [0.1, 0.15) is 6.42 Å². The van der Waals surface area contributed by atoms with Gasteiger partial charge < -0.3 is 10.3 Å². The highest BCUT2D eigenvalue weighted by atomic mass is 32.2. The van der Waals surface area contributed by atoms with Crippen molar-refractivity contribution in [3.05, 3.63) is 12.7 Å². The van der Waals surface area contributed by atoms with Crippen molar-refractivity contribution in [3.63, 3.8) is 0 Å². The Kier molecular flexibility index (Phi) is 3.01. The Morgan fingerprint density at radius 3 is 2.95 bits per heavy atom. The summed E-state index contributed by atoms with van der Waals surface area (Å²) >= 11 is 0. The predicted octanol–water partition coefficient (Wildman–Crippen LogP) is -0.339. The second-order valence-electron chi connectivity index (χ2n) is 4.52. The molecule has 20 heavy (non-hydrogen) atoms. The normalized spacial score (nSPS) is 20.9. The van der Waals surface area contributed by atoms with E-state index in [2.05, 4.69) is 30.6 Å². The first-order valence-corrected chi connectivity index (χ1v) is 7.78. The molecule has 1 fully saturated rings. The summed E-state index contributed by atoms with van der Waals surface area (Å²) in [5.41, 5.74) is 0.959. The molecule has 2 aromatic heterocycles. The quantitative estimate of drug-likeness (QED) is 0.695. The van der Waals surface area contributed by atoms with Crippen molar-refractivity contribution < 1.29 is 13.2 Å². The van der Waals surface area contributed by atoms with E-state index in [0.29, 0.717) is 23.4 Å². The van der Waals surface area contributed by atoms with Gasteiger partial charge in [-0.15, -0.1) is 0 Å². The summed E-state index contributed by atoms with van der Waals surface area (Å²) < 4.78 is 22.6. The fraction of sp³-hybridized carbons (Fsp3) is 0.400. The molecule has 0 spiro atoms. The van der Waals surface area contributed by atoms with Crippen LogP contribution in [0.4, 0.5) is 10.6 Å². The van der Waals surface area contributed by atoms with Crippen molar-refractivity contribution in [2.75, 3.05) is 16.8 Å². The van der Waals surface area contributed by atoms with Crippen LogP contribution in [0.2, 0.25) is 0 Å². The lowest BCUT2D eigenvalue weighted by atomic mass is 10.3. The molecule has 0 saturated carbocycles. The van der Waals surface area contributed by atoms with Gasteiger partial charge in [0.15, 0.2) is 21.3 Å². The number of anilines is 1. The second kappa shape index (κ2) is 4.71. The molecular weight excluding hydrogens is 284 g/mol. The third-order valence-corrected chi connectivity index (χ3v) is 4.79. The van der Waals surface area contributed by atoms with E-state index >= 15 is 0 Å². The van der Waals surface area contributed by atoms with Gasteiger partial charge in [0, 0.05) is 6.04 Å². The van der Waals surface area contributed by atoms with Gasteiger partial charge in [-0.1, -0.05) is 0 Å². The number of carbonyl (C=O) groups is 1. The summed E-state index contributed by atoms with van der Waals surface area (Å²) in [5.74, 6) is 0.380. The highest BCUT2D eigenvalue weighted by Crippen LogP contribution is 2.15. The van der Waals surface area contributed by atoms with Gasteiger partial charge in [0.05, 0.1) is 17.8 Å². The highest BCUT2D eigenvalue weighted by Gasteiger charge is 2.29. The van der Waals surface area contributed by atoms with Gasteiger partial charge in [0.25, 0.3) is 0 Å². The smallest absolute Gasteiger partial charge is 0.320 e. The zero-order valence-corrected chi connectivity index (χ0v) is 11.1. The molecule has 0 unspecified atom stereocenters. The van der Waals surface area contributed by atoms with Crippen molar-refractivity contribution >= 4 is 32.9 Å². The van der Waals surface area contributed by atoms with Gasteiger partial charge in [-0.25, -0.2) is 28.2 Å². The fourth-order valence-electron chi connectivity index (χ4n) is 2.10. The number of rotatable bonds is 2. The lowest BCUT2D eigenvalue weighted by Crippen LogP contribution is -2.38. The fourth-order valence-corrected chi connectivity index (χ4v) is 3.77. The Morgan fingerprint density at radius 2 is 2.20 bits per heavy atom. The van der Waals surface area contributed by atoms with Crippen LogP contribution in [0.3, 0.4) is 0 Å². The molecule has 0 aromatic carbocycles. The molecule has 2 aromatic rings. The van der Waals surface area contributed by atoms with Crippen molar-refractivity contribution in [3.8, 4) is 0 Å². The molecule has 3 heterocycles. The maximum atomic E-state index is 11.8. The van der Waals surface area contributed by atoms with E-state index in [1.165, 1.54) is 12.7 Å². The molecule has 0 aliphatic carbocycles. The average molecular weight is 296 g/mol. The van der Waals surface area contributed by atoms with Gasteiger partial charge in [-0.3, -0.25) is 5.32 Å². The second-order valence-corrected chi connectivity index (χ2v) is 6.75. The minimum Gasteiger partial charge on any atom is -0.340 e. The third kappa shape index (κ3) is 2.54. The minimum absolute atomic E-state index is 0.0241. The maximum Gasteiger partial charge on any atom is 0.320 e. The van der Waals surface area contributed by atoms with Gasteiger partial charge in [0.2, 0.25) is 0 Å². The van der Waals surface area contributed by atoms with E-state index in [-0.39, 0.29) is 17.5 Å². The van der Waals surface area contributed by atoms with Crippen LogP contribution in [0, 0.1) is 0 Å². The molecule has 1 saturated heterocycles. The van der Waals surface area contributed by atoms with E-state index < -0.39 is 15.9 Å². The van der Waals surface area contributed by atoms with Crippen LogP contribution in [-0.2, 0) is 9.84 Å². The van der Waals surface area contributed by atoms with Crippen LogP contribution in [0.25, 0.3) is 11.2 Å². The van der Waals surface area contributed by atoms with Crippen molar-refractivity contribution in [1.29, 1.82) is 0 Å². The number of H-pyrrole nitrogens is 1. The van der Waals surface area contributed by atoms with Gasteiger partial charge in [0.1, 0.15) is 11.8 Å². The van der Waals surface area contributed by atoms with Crippen molar-refractivity contribution in [1.82, 2.24) is 25.3 Å². The third-order valence-electron chi connectivity index (χ3n) is 3.02. The van der Waals surface area contributed by atoms with Gasteiger partial charge in [-0.05, 0) is 6.42 Å². The summed E-state index contributed by atoms with van der Waals surface area (Å²) in [5, 5.41) is 5.17. The number of fused-ring (bicyclic) bond motifs is 1. The molecule has 1 atom stereocenters. The summed E-state index contributed by atoms with van der Waals surface area (Å²) in [6.07, 6.45) is 3.17. The lowest BCUT2D eigenvalue weighted by Gasteiger charge is -2.11. The SMILES string of the molecule is O=C(Nc1ncnc2nc[nH]c12)N[C@@H]1CCS(=O)(=O)C1. The summed E-state index contributed by atoms with van der Waals surface area (Å²) in [4.78, 5) is 26.5. The van der Waals surface area contributed by atoms with E-state index in [4.69, 9.17) is 0 Å². The number of hydrogen-bond donors (Lipinski definition) is 3. The average Bonchev–Trinajstić information content (AvgIpc) is 2.96. The molecule has 1 aliphatic rings. The molecular formula is C10H12N6O3S. The molecule has 10 heteroatoms. The number of aromatic nitrogens is 4. The zero-order chi connectivity index (χ0) is 14.2. The Morgan fingerprint density at radius 1 is 1.35 bits per heavy atom. The van der Waals surface area contributed by atoms with Gasteiger partial charge >= 0.3 is 6.03 Å². The number of nitrogens with zero attached hydrogens (tertiary/aromatic N) is 3. The molecule has 106 valence electrons. The molecule has 0 bridgehead atoms. The molecule has 9 nitrogen and oxygen atoms in total. The standard InChI is InChI=1S/C10H12N6O3S/c17-10(15-6-1-2-20(18,19)3-6)16-9-7-8(12-4-11-7)13-5-14-9/h4-6H,1-3H2,(H3,11,12,13,14,15,16,17)/t6-/m1/s1. The molecule has 2 amide bonds. The van der Waals surface area contributed by atoms with Crippen molar-refractivity contribution in [2.45, 2.75) is 12.5 Å². The van der Waals surface area contributed by atoms with Crippen LogP contribution in [-0.4, -0.2) is 51.9 Å². The number of imidazole rings is 1. The minimum atomic E-state index is -3.02. The number of amides is 2. The first kappa shape index (κ1) is 12.8. The summed E-state index contributed by atoms with van der Waals surface area (Å²) in [7, 11) is -3.02. The number of carbonyl (C=O) groups excluding carboxylic acids is 1. The number of urea groups is 1. The van der Waals surface area contributed by atoms with E-state index in [1.807, 2.05) is 0 Å². The first-order valence-electron chi connectivity index (χ1n) is 5.95. The largest absolute Gasteiger partial charge is 0.340 e. The monoisotopic (exact) mass is 296 g/mol. The van der Waals surface area contributed by atoms with Crippen LogP contribution in [0.15, 0.2) is 12.7 Å². The molecule has 1 aliphatic heterocycles. The van der Waals surface area contributed by atoms with Crippen LogP contribution in [0.5, 0.6) is 0 Å². The van der Waals surface area contributed by atoms with Crippen molar-refractivity contribution in [2.24, 2.45) is 0 Å². The Hall–Kier alpha value is -2.23. The Labute approximate surface area is 114 Å². The van der Waals surface area contributed by atoms with Crippen LogP contribution < -0.4 is 10.6 Å². The summed E-state index contributed by atoms with van der Waals surface area (Å²) in [6.45, 7) is 0. The maximum absolute atomic E-state index is 11.8. The molecule has 3 N–H and O–H groups in total. The van der Waals surface area contributed by atoms with Gasteiger partial charge in [-0.2, -0.15) is 0 Å². The number of hydrogen-bond acceptors (Lipinski definition) is 6. The molecule has 3 rings (SSSR count). The van der Waals surface area contributed by atoms with E-state index in [9.17, 15) is 13.2 Å². The lowest BCUT2D eigenvalue weighted by molar-refractivity contribution is 0.249. The Bertz CT molecular complexity index is 755. The predicted molar refractivity (Wildman–Crippen MR) is 70.9 cm³/mol. The number of aromatic amines is 1. The number of sulfone groups is 1. The van der Waals surface area contributed by atoms with Crippen LogP contribution >= 0.6 is 0 Å². The first-order chi connectivity index (χ1) is 9.53. The summed E-state index contributed by atoms with van der Waals surface area (Å²) in [6, 6.07) is -0.860. The number of nitrogens with one attached hydrogen (secondary N) is 3. The highest BCUT2D eigenvalue weighted by molar-refractivity contribution is 7.91. The van der Waals surface area contributed by atoms with E-state index in [0.717, 1.165) is 0 Å². The molecule has 0 radical (unpaired) electrons. The Balaban J connectivity index is 1.69.